The highest BCUT2D eigenvalue weighted by atomic mass is 16.5. The fourth-order valence-corrected chi connectivity index (χ4v) is 2.30. The maximum absolute atomic E-state index is 12.3. The van der Waals surface area contributed by atoms with Crippen molar-refractivity contribution in [1.82, 2.24) is 0 Å². The van der Waals surface area contributed by atoms with E-state index in [2.05, 4.69) is 25.2 Å². The molecule has 0 fully saturated rings. The summed E-state index contributed by atoms with van der Waals surface area (Å²) in [7, 11) is 0. The number of benzene rings is 1. The summed E-state index contributed by atoms with van der Waals surface area (Å²) in [5.41, 5.74) is 2.77. The molecule has 1 N–H and O–H groups in total. The van der Waals surface area contributed by atoms with Gasteiger partial charge in [-0.25, -0.2) is 0 Å². The first-order valence-corrected chi connectivity index (χ1v) is 6.81. The number of ether oxygens (including phenoxy) is 1. The summed E-state index contributed by atoms with van der Waals surface area (Å²) in [5.74, 6) is 0.325. The van der Waals surface area contributed by atoms with Crippen molar-refractivity contribution >= 4 is 11.6 Å². The fourth-order valence-electron chi connectivity index (χ4n) is 2.30. The molecular weight excluding hydrogens is 238 g/mol. The average Bonchev–Trinajstić information content (AvgIpc) is 2.39. The van der Waals surface area contributed by atoms with E-state index >= 15 is 0 Å². The molecule has 1 atom stereocenters. The van der Waals surface area contributed by atoms with Crippen LogP contribution in [0.2, 0.25) is 0 Å². The van der Waals surface area contributed by atoms with Crippen molar-refractivity contribution < 1.29 is 9.53 Å². The van der Waals surface area contributed by atoms with Gasteiger partial charge in [0, 0.05) is 11.3 Å². The highest BCUT2D eigenvalue weighted by Gasteiger charge is 2.21. The first-order valence-electron chi connectivity index (χ1n) is 6.81. The van der Waals surface area contributed by atoms with Gasteiger partial charge < -0.3 is 10.1 Å². The zero-order valence-corrected chi connectivity index (χ0v) is 11.8. The summed E-state index contributed by atoms with van der Waals surface area (Å²) in [6.45, 7) is 6.85. The van der Waals surface area contributed by atoms with Gasteiger partial charge in [-0.2, -0.15) is 0 Å². The zero-order valence-electron chi connectivity index (χ0n) is 11.8. The van der Waals surface area contributed by atoms with E-state index in [9.17, 15) is 4.79 Å². The number of para-hydroxylation sites is 1. The molecule has 0 aliphatic carbocycles. The van der Waals surface area contributed by atoms with E-state index in [-0.39, 0.29) is 12.0 Å². The molecule has 0 saturated heterocycles. The molecular formula is C16H21NO2. The van der Waals surface area contributed by atoms with Crippen LogP contribution in [0.5, 0.6) is 0 Å². The summed E-state index contributed by atoms with van der Waals surface area (Å²) < 4.78 is 5.50. The molecule has 1 heterocycles. The summed E-state index contributed by atoms with van der Waals surface area (Å²) in [4.78, 5) is 12.3. The number of anilines is 1. The standard InChI is InChI=1S/C16H21NO2/c1-11(2)13-7-4-5-9-15(13)17-16(18)14-8-6-10-19-12(14)3/h4-5,7-9,11-12H,6,10H2,1-3H3,(H,17,18). The maximum Gasteiger partial charge on any atom is 0.253 e. The third-order valence-electron chi connectivity index (χ3n) is 3.38. The van der Waals surface area contributed by atoms with E-state index in [4.69, 9.17) is 4.74 Å². The quantitative estimate of drug-likeness (QED) is 0.902. The minimum Gasteiger partial charge on any atom is -0.373 e. The summed E-state index contributed by atoms with van der Waals surface area (Å²) in [6.07, 6.45) is 2.65. The fraction of sp³-hybridized carbons (Fsp3) is 0.438. The Hall–Kier alpha value is -1.61. The molecule has 2 rings (SSSR count). The van der Waals surface area contributed by atoms with Gasteiger partial charge in [0.15, 0.2) is 0 Å². The van der Waals surface area contributed by atoms with Gasteiger partial charge in [0.25, 0.3) is 5.91 Å². The van der Waals surface area contributed by atoms with Crippen LogP contribution in [0.3, 0.4) is 0 Å². The van der Waals surface area contributed by atoms with E-state index in [1.807, 2.05) is 31.2 Å². The first kappa shape index (κ1) is 13.8. The molecule has 0 saturated carbocycles. The van der Waals surface area contributed by atoms with E-state index in [1.165, 1.54) is 0 Å². The Balaban J connectivity index is 2.17. The van der Waals surface area contributed by atoms with Gasteiger partial charge in [0.2, 0.25) is 0 Å². The largest absolute Gasteiger partial charge is 0.373 e. The number of carbonyl (C=O) groups excluding carboxylic acids is 1. The number of hydrogen-bond donors (Lipinski definition) is 1. The Kier molecular flexibility index (Phi) is 4.38. The van der Waals surface area contributed by atoms with Crippen LogP contribution in [-0.4, -0.2) is 18.6 Å². The van der Waals surface area contributed by atoms with Crippen molar-refractivity contribution in [3.63, 3.8) is 0 Å². The minimum absolute atomic E-state index is 0.0553. The van der Waals surface area contributed by atoms with Crippen molar-refractivity contribution in [2.75, 3.05) is 11.9 Å². The molecule has 0 spiro atoms. The molecule has 1 aliphatic rings. The Bertz CT molecular complexity index is 491. The molecule has 0 bridgehead atoms. The SMILES string of the molecule is CC1OCCC=C1C(=O)Nc1ccccc1C(C)C. The zero-order chi connectivity index (χ0) is 13.8. The minimum atomic E-state index is -0.125. The second-order valence-corrected chi connectivity index (χ2v) is 5.16. The third kappa shape index (κ3) is 3.24. The predicted molar refractivity (Wildman–Crippen MR) is 77.3 cm³/mol. The molecule has 3 heteroatoms. The van der Waals surface area contributed by atoms with Gasteiger partial charge >= 0.3 is 0 Å². The van der Waals surface area contributed by atoms with Crippen LogP contribution in [0.25, 0.3) is 0 Å². The highest BCUT2D eigenvalue weighted by Crippen LogP contribution is 2.25. The van der Waals surface area contributed by atoms with E-state index in [0.29, 0.717) is 12.5 Å². The lowest BCUT2D eigenvalue weighted by molar-refractivity contribution is -0.114. The molecule has 1 unspecified atom stereocenters. The second-order valence-electron chi connectivity index (χ2n) is 5.16. The smallest absolute Gasteiger partial charge is 0.253 e. The molecule has 1 aromatic carbocycles. The van der Waals surface area contributed by atoms with Gasteiger partial charge in [-0.3, -0.25) is 4.79 Å². The Labute approximate surface area is 114 Å². The Morgan fingerprint density at radius 2 is 2.11 bits per heavy atom. The number of hydrogen-bond acceptors (Lipinski definition) is 2. The van der Waals surface area contributed by atoms with Crippen molar-refractivity contribution in [3.05, 3.63) is 41.5 Å². The predicted octanol–water partition coefficient (Wildman–Crippen LogP) is 3.48. The first-order chi connectivity index (χ1) is 9.09. The molecule has 0 aromatic heterocycles. The molecule has 1 aromatic rings. The van der Waals surface area contributed by atoms with Gasteiger partial charge in [-0.15, -0.1) is 0 Å². The number of nitrogens with one attached hydrogen (secondary N) is 1. The number of carbonyl (C=O) groups is 1. The van der Waals surface area contributed by atoms with Gasteiger partial charge in [-0.1, -0.05) is 38.1 Å². The molecule has 19 heavy (non-hydrogen) atoms. The average molecular weight is 259 g/mol. The molecule has 1 aliphatic heterocycles. The molecule has 1 amide bonds. The van der Waals surface area contributed by atoms with E-state index in [0.717, 1.165) is 23.2 Å². The van der Waals surface area contributed by atoms with Crippen molar-refractivity contribution in [2.45, 2.75) is 39.2 Å². The highest BCUT2D eigenvalue weighted by molar-refractivity contribution is 6.04. The summed E-state index contributed by atoms with van der Waals surface area (Å²) in [5, 5.41) is 3.00. The topological polar surface area (TPSA) is 38.3 Å². The van der Waals surface area contributed by atoms with Crippen LogP contribution in [0.15, 0.2) is 35.9 Å². The monoisotopic (exact) mass is 259 g/mol. The number of rotatable bonds is 3. The van der Waals surface area contributed by atoms with Crippen molar-refractivity contribution in [1.29, 1.82) is 0 Å². The van der Waals surface area contributed by atoms with Crippen LogP contribution < -0.4 is 5.32 Å². The number of amides is 1. The maximum atomic E-state index is 12.3. The summed E-state index contributed by atoms with van der Waals surface area (Å²) in [6, 6.07) is 7.94. The summed E-state index contributed by atoms with van der Waals surface area (Å²) >= 11 is 0. The lowest BCUT2D eigenvalue weighted by Crippen LogP contribution is -2.27. The Morgan fingerprint density at radius 1 is 1.37 bits per heavy atom. The lowest BCUT2D eigenvalue weighted by Gasteiger charge is -2.21. The molecule has 102 valence electrons. The van der Waals surface area contributed by atoms with E-state index < -0.39 is 0 Å². The second kappa shape index (κ2) is 6.02. The molecule has 0 radical (unpaired) electrons. The lowest BCUT2D eigenvalue weighted by atomic mass is 10.0. The normalized spacial score (nSPS) is 19.2. The van der Waals surface area contributed by atoms with Crippen LogP contribution in [0.1, 0.15) is 38.7 Å². The Morgan fingerprint density at radius 3 is 2.79 bits per heavy atom. The van der Waals surface area contributed by atoms with Crippen molar-refractivity contribution in [2.24, 2.45) is 0 Å². The van der Waals surface area contributed by atoms with Gasteiger partial charge in [0.05, 0.1) is 12.7 Å². The van der Waals surface area contributed by atoms with Gasteiger partial charge in [-0.05, 0) is 30.9 Å². The van der Waals surface area contributed by atoms with Gasteiger partial charge in [0.1, 0.15) is 0 Å². The van der Waals surface area contributed by atoms with Crippen LogP contribution in [-0.2, 0) is 9.53 Å². The van der Waals surface area contributed by atoms with Crippen LogP contribution in [0, 0.1) is 0 Å². The van der Waals surface area contributed by atoms with E-state index in [1.54, 1.807) is 0 Å². The van der Waals surface area contributed by atoms with Crippen LogP contribution in [0.4, 0.5) is 5.69 Å². The van der Waals surface area contributed by atoms with Crippen molar-refractivity contribution in [3.8, 4) is 0 Å². The van der Waals surface area contributed by atoms with Crippen LogP contribution >= 0.6 is 0 Å². The third-order valence-corrected chi connectivity index (χ3v) is 3.38. The molecule has 3 nitrogen and oxygen atoms in total.